The maximum atomic E-state index is 12.6. The maximum Gasteiger partial charge on any atom is 0.417 e. The van der Waals surface area contributed by atoms with E-state index in [1.807, 2.05) is 9.80 Å². The quantitative estimate of drug-likeness (QED) is 0.720. The van der Waals surface area contributed by atoms with Gasteiger partial charge in [-0.25, -0.2) is 4.98 Å². The molecule has 6 nitrogen and oxygen atoms in total. The summed E-state index contributed by atoms with van der Waals surface area (Å²) in [4.78, 5) is 7.78. The molecular weight excluding hydrogens is 339 g/mol. The maximum absolute atomic E-state index is 12.6. The van der Waals surface area contributed by atoms with Crippen LogP contribution in [-0.4, -0.2) is 76.2 Å². The zero-order chi connectivity index (χ0) is 18.2. The molecular formula is C16H22F3N3O3. The first kappa shape index (κ1) is 18.4. The molecule has 0 bridgehead atoms. The molecule has 3 N–H and O–H groups in total. The van der Waals surface area contributed by atoms with E-state index in [0.717, 1.165) is 18.7 Å². The van der Waals surface area contributed by atoms with Gasteiger partial charge >= 0.3 is 6.18 Å². The summed E-state index contributed by atoms with van der Waals surface area (Å²) in [6.07, 6.45) is -5.75. The molecule has 4 atom stereocenters. The molecule has 1 aromatic rings. The van der Waals surface area contributed by atoms with Gasteiger partial charge in [-0.05, 0) is 24.5 Å². The second-order valence-electron chi connectivity index (χ2n) is 6.85. The molecule has 25 heavy (non-hydrogen) atoms. The molecule has 0 radical (unpaired) electrons. The minimum atomic E-state index is -4.39. The van der Waals surface area contributed by atoms with Crippen LogP contribution in [0.1, 0.15) is 12.0 Å². The molecule has 3 rings (SSSR count). The van der Waals surface area contributed by atoms with Crippen molar-refractivity contribution < 1.29 is 28.5 Å². The first-order valence-corrected chi connectivity index (χ1v) is 8.29. The molecule has 2 saturated heterocycles. The minimum absolute atomic E-state index is 0.263. The molecule has 140 valence electrons. The van der Waals surface area contributed by atoms with Crippen LogP contribution < -0.4 is 4.90 Å². The Balaban J connectivity index is 1.55. The number of anilines is 1. The van der Waals surface area contributed by atoms with E-state index in [9.17, 15) is 28.5 Å². The number of aromatic nitrogens is 1. The number of aliphatic hydroxyl groups excluding tert-OH is 3. The van der Waals surface area contributed by atoms with Crippen LogP contribution in [0.4, 0.5) is 19.0 Å². The molecule has 0 saturated carbocycles. The third kappa shape index (κ3) is 4.22. The summed E-state index contributed by atoms with van der Waals surface area (Å²) in [5, 5.41) is 29.1. The predicted octanol–water partition coefficient (Wildman–Crippen LogP) is 0.325. The highest BCUT2D eigenvalue weighted by Gasteiger charge is 2.35. The number of likely N-dealkylation sites (tertiary alicyclic amines) is 1. The van der Waals surface area contributed by atoms with Gasteiger partial charge in [0, 0.05) is 38.9 Å². The monoisotopic (exact) mass is 361 g/mol. The Morgan fingerprint density at radius 3 is 2.32 bits per heavy atom. The van der Waals surface area contributed by atoms with Crippen LogP contribution in [0.2, 0.25) is 0 Å². The summed E-state index contributed by atoms with van der Waals surface area (Å²) in [6, 6.07) is 2.42. The van der Waals surface area contributed by atoms with Crippen molar-refractivity contribution in [1.29, 1.82) is 0 Å². The molecule has 0 aromatic carbocycles. The summed E-state index contributed by atoms with van der Waals surface area (Å²) in [6.45, 7) is 2.60. The lowest BCUT2D eigenvalue weighted by Gasteiger charge is -2.37. The highest BCUT2D eigenvalue weighted by molar-refractivity contribution is 5.41. The average molecular weight is 361 g/mol. The van der Waals surface area contributed by atoms with E-state index in [0.29, 0.717) is 38.5 Å². The van der Waals surface area contributed by atoms with Crippen molar-refractivity contribution in [1.82, 2.24) is 9.88 Å². The SMILES string of the molecule is O[C@H]1[C@H](O)CN(C[C@H]2CCN(c3ccc(C(F)(F)F)cn3)C2)C[C@@H]1O. The zero-order valence-electron chi connectivity index (χ0n) is 13.6. The molecule has 2 fully saturated rings. The number of hydrogen-bond donors (Lipinski definition) is 3. The summed E-state index contributed by atoms with van der Waals surface area (Å²) < 4.78 is 37.8. The van der Waals surface area contributed by atoms with Crippen LogP contribution in [0.5, 0.6) is 0 Å². The fourth-order valence-corrected chi connectivity index (χ4v) is 3.52. The fraction of sp³-hybridized carbons (Fsp3) is 0.688. The zero-order valence-corrected chi connectivity index (χ0v) is 13.6. The number of aliphatic hydroxyl groups is 3. The fourth-order valence-electron chi connectivity index (χ4n) is 3.52. The lowest BCUT2D eigenvalue weighted by atomic mass is 10.00. The number of hydrogen-bond acceptors (Lipinski definition) is 6. The lowest BCUT2D eigenvalue weighted by molar-refractivity contribution is -0.137. The molecule has 9 heteroatoms. The van der Waals surface area contributed by atoms with Crippen LogP contribution in [0.25, 0.3) is 0 Å². The molecule has 3 heterocycles. The van der Waals surface area contributed by atoms with Crippen LogP contribution in [-0.2, 0) is 6.18 Å². The van der Waals surface area contributed by atoms with Gasteiger partial charge in [0.15, 0.2) is 0 Å². The molecule has 1 aromatic heterocycles. The van der Waals surface area contributed by atoms with Crippen LogP contribution in [0, 0.1) is 5.92 Å². The number of halogens is 3. The van der Waals surface area contributed by atoms with Crippen molar-refractivity contribution >= 4 is 5.82 Å². The lowest BCUT2D eigenvalue weighted by Crippen LogP contribution is -2.56. The van der Waals surface area contributed by atoms with Crippen molar-refractivity contribution in [3.05, 3.63) is 23.9 Å². The van der Waals surface area contributed by atoms with Crippen molar-refractivity contribution in [2.45, 2.75) is 30.9 Å². The number of pyridine rings is 1. The van der Waals surface area contributed by atoms with E-state index in [-0.39, 0.29) is 5.92 Å². The Labute approximate surface area is 143 Å². The molecule has 2 aliphatic heterocycles. The third-order valence-corrected chi connectivity index (χ3v) is 4.88. The van der Waals surface area contributed by atoms with Gasteiger partial charge in [-0.2, -0.15) is 13.2 Å². The Morgan fingerprint density at radius 1 is 1.08 bits per heavy atom. The Kier molecular flexibility index (Phi) is 5.19. The summed E-state index contributed by atoms with van der Waals surface area (Å²) in [7, 11) is 0. The van der Waals surface area contributed by atoms with Crippen LogP contribution in [0.3, 0.4) is 0 Å². The Hall–Kier alpha value is -1.42. The normalized spacial score (nSPS) is 31.5. The van der Waals surface area contributed by atoms with Gasteiger partial charge in [0.25, 0.3) is 0 Å². The van der Waals surface area contributed by atoms with Crippen LogP contribution in [0.15, 0.2) is 18.3 Å². The summed E-state index contributed by atoms with van der Waals surface area (Å²) in [5.74, 6) is 0.781. The number of piperidine rings is 1. The minimum Gasteiger partial charge on any atom is -0.389 e. The van der Waals surface area contributed by atoms with Gasteiger partial charge in [0.2, 0.25) is 0 Å². The van der Waals surface area contributed by atoms with Gasteiger partial charge < -0.3 is 20.2 Å². The first-order valence-electron chi connectivity index (χ1n) is 8.29. The molecule has 2 aliphatic rings. The first-order chi connectivity index (χ1) is 11.7. The van der Waals surface area contributed by atoms with Gasteiger partial charge in [0.1, 0.15) is 11.9 Å². The second kappa shape index (κ2) is 7.06. The van der Waals surface area contributed by atoms with E-state index in [4.69, 9.17) is 0 Å². The average Bonchev–Trinajstić information content (AvgIpc) is 3.00. The topological polar surface area (TPSA) is 80.1 Å². The number of rotatable bonds is 3. The Morgan fingerprint density at radius 2 is 1.76 bits per heavy atom. The standard InChI is InChI=1S/C16H22F3N3O3/c17-16(18,19)11-1-2-14(20-5-11)22-4-3-10(7-22)6-21-8-12(23)15(25)13(24)9-21/h1-2,5,10,12-13,15,23-25H,3-4,6-9H2/t10-,12-,13+,15+/m1/s1. The van der Waals surface area contributed by atoms with E-state index < -0.39 is 30.1 Å². The van der Waals surface area contributed by atoms with Gasteiger partial charge in [-0.15, -0.1) is 0 Å². The Bertz CT molecular complexity index is 572. The molecule has 0 amide bonds. The molecule has 0 unspecified atom stereocenters. The van der Waals surface area contributed by atoms with Crippen molar-refractivity contribution in [3.63, 3.8) is 0 Å². The smallest absolute Gasteiger partial charge is 0.389 e. The summed E-state index contributed by atoms with van der Waals surface area (Å²) >= 11 is 0. The highest BCUT2D eigenvalue weighted by Crippen LogP contribution is 2.30. The predicted molar refractivity (Wildman–Crippen MR) is 84.0 cm³/mol. The summed E-state index contributed by atoms with van der Waals surface area (Å²) in [5.41, 5.74) is -0.762. The van der Waals surface area contributed by atoms with E-state index in [1.165, 1.54) is 6.07 Å². The van der Waals surface area contributed by atoms with Crippen LogP contribution >= 0.6 is 0 Å². The number of nitrogens with zero attached hydrogens (tertiary/aromatic N) is 3. The van der Waals surface area contributed by atoms with Crippen molar-refractivity contribution in [3.8, 4) is 0 Å². The van der Waals surface area contributed by atoms with Crippen molar-refractivity contribution in [2.75, 3.05) is 37.6 Å². The van der Waals surface area contributed by atoms with Gasteiger partial charge in [0.05, 0.1) is 17.8 Å². The van der Waals surface area contributed by atoms with E-state index in [1.54, 1.807) is 0 Å². The van der Waals surface area contributed by atoms with Gasteiger partial charge in [-0.3, -0.25) is 4.90 Å². The molecule has 0 spiro atoms. The highest BCUT2D eigenvalue weighted by atomic mass is 19.4. The van der Waals surface area contributed by atoms with E-state index in [2.05, 4.69) is 4.98 Å². The third-order valence-electron chi connectivity index (χ3n) is 4.88. The molecule has 0 aliphatic carbocycles. The largest absolute Gasteiger partial charge is 0.417 e. The van der Waals surface area contributed by atoms with E-state index >= 15 is 0 Å². The van der Waals surface area contributed by atoms with Crippen molar-refractivity contribution in [2.24, 2.45) is 5.92 Å². The number of β-amino-alcohol motifs (C(OH)–C–C–N with tert-alkyl or cyclic N) is 2. The second-order valence-corrected chi connectivity index (χ2v) is 6.85. The number of alkyl halides is 3. The van der Waals surface area contributed by atoms with Gasteiger partial charge in [-0.1, -0.05) is 0 Å².